The second-order valence-corrected chi connectivity index (χ2v) is 9.06. The second kappa shape index (κ2) is 9.50. The lowest BCUT2D eigenvalue weighted by Crippen LogP contribution is -2.34. The van der Waals surface area contributed by atoms with E-state index in [2.05, 4.69) is 10.4 Å². The minimum atomic E-state index is -4.46. The van der Waals surface area contributed by atoms with Crippen molar-refractivity contribution < 1.29 is 18.0 Å². The number of carbonyl (C=O) groups is 1. The summed E-state index contributed by atoms with van der Waals surface area (Å²) >= 11 is 7.73. The molecule has 11 heteroatoms. The maximum Gasteiger partial charge on any atom is 0.416 e. The fourth-order valence-electron chi connectivity index (χ4n) is 3.07. The number of nitrogens with zero attached hydrogens (tertiary/aromatic N) is 3. The molecule has 2 aromatic heterocycles. The van der Waals surface area contributed by atoms with Gasteiger partial charge < -0.3 is 5.32 Å². The molecule has 1 aromatic carbocycles. The highest BCUT2D eigenvalue weighted by atomic mass is 35.5. The summed E-state index contributed by atoms with van der Waals surface area (Å²) in [7, 11) is 0. The lowest BCUT2D eigenvalue weighted by Gasteiger charge is -2.09. The third-order valence-corrected chi connectivity index (χ3v) is 6.30. The van der Waals surface area contributed by atoms with Crippen molar-refractivity contribution in [2.24, 2.45) is 5.92 Å². The summed E-state index contributed by atoms with van der Waals surface area (Å²) in [6.45, 7) is 5.69. The van der Waals surface area contributed by atoms with Crippen LogP contribution in [0.25, 0.3) is 10.7 Å². The van der Waals surface area contributed by atoms with E-state index in [9.17, 15) is 22.8 Å². The van der Waals surface area contributed by atoms with Gasteiger partial charge >= 0.3 is 11.9 Å². The van der Waals surface area contributed by atoms with Crippen molar-refractivity contribution in [2.75, 3.05) is 0 Å². The third kappa shape index (κ3) is 5.42. The highest BCUT2D eigenvalue weighted by Crippen LogP contribution is 2.35. The van der Waals surface area contributed by atoms with Crippen LogP contribution in [0.2, 0.25) is 5.02 Å². The van der Waals surface area contributed by atoms with Crippen LogP contribution in [0.1, 0.15) is 30.5 Å². The monoisotopic (exact) mass is 486 g/mol. The second-order valence-electron chi connectivity index (χ2n) is 7.80. The van der Waals surface area contributed by atoms with Crippen molar-refractivity contribution in [3.63, 3.8) is 0 Å². The van der Waals surface area contributed by atoms with Gasteiger partial charge in [-0.25, -0.2) is 9.48 Å². The van der Waals surface area contributed by atoms with Crippen LogP contribution >= 0.6 is 22.9 Å². The van der Waals surface area contributed by atoms with Gasteiger partial charge in [0.25, 0.3) is 0 Å². The first-order chi connectivity index (χ1) is 15.0. The molecule has 32 heavy (non-hydrogen) atoms. The van der Waals surface area contributed by atoms with Gasteiger partial charge in [0.15, 0.2) is 5.82 Å². The van der Waals surface area contributed by atoms with E-state index in [1.54, 1.807) is 0 Å². The molecule has 0 bridgehead atoms. The average molecular weight is 487 g/mol. The van der Waals surface area contributed by atoms with Crippen LogP contribution in [-0.2, 0) is 30.6 Å². The van der Waals surface area contributed by atoms with Crippen molar-refractivity contribution in [1.82, 2.24) is 19.7 Å². The van der Waals surface area contributed by atoms with Gasteiger partial charge in [-0.3, -0.25) is 9.36 Å². The van der Waals surface area contributed by atoms with Crippen molar-refractivity contribution in [3.8, 4) is 10.7 Å². The zero-order valence-corrected chi connectivity index (χ0v) is 19.2. The fraction of sp³-hybridized carbons (Fsp3) is 0.381. The molecule has 0 radical (unpaired) electrons. The highest BCUT2D eigenvalue weighted by Gasteiger charge is 2.30. The summed E-state index contributed by atoms with van der Waals surface area (Å²) in [5.41, 5.74) is -0.0818. The van der Waals surface area contributed by atoms with E-state index in [0.29, 0.717) is 27.8 Å². The van der Waals surface area contributed by atoms with Crippen LogP contribution in [0.5, 0.6) is 0 Å². The number of hydrogen-bond acceptors (Lipinski definition) is 4. The van der Waals surface area contributed by atoms with Gasteiger partial charge in [0.2, 0.25) is 5.91 Å². The highest BCUT2D eigenvalue weighted by molar-refractivity contribution is 7.14. The Hall–Kier alpha value is -2.59. The van der Waals surface area contributed by atoms with Crippen molar-refractivity contribution in [1.29, 1.82) is 0 Å². The van der Waals surface area contributed by atoms with Gasteiger partial charge in [-0.2, -0.15) is 13.2 Å². The lowest BCUT2D eigenvalue weighted by molar-refractivity contribution is -0.137. The molecule has 0 saturated heterocycles. The lowest BCUT2D eigenvalue weighted by atomic mass is 10.1. The standard InChI is InChI=1S/C21H22ClF3N4O2S/c1-12(2)9-28-19(18-17(22)13(3)11-32-18)27-29(20(28)31)10-16(30)26-8-14-5-4-6-15(7-14)21(23,24)25/h4-7,11-12H,8-10H2,1-3H3,(H,26,30). The number of nitrogens with one attached hydrogen (secondary N) is 1. The summed E-state index contributed by atoms with van der Waals surface area (Å²) in [5, 5.41) is 9.24. The van der Waals surface area contributed by atoms with Crippen molar-refractivity contribution >= 4 is 28.8 Å². The maximum atomic E-state index is 12.9. The van der Waals surface area contributed by atoms with Crippen molar-refractivity contribution in [3.05, 3.63) is 61.8 Å². The normalized spacial score (nSPS) is 11.9. The van der Waals surface area contributed by atoms with Crippen LogP contribution in [0.15, 0.2) is 34.4 Å². The predicted octanol–water partition coefficient (Wildman–Crippen LogP) is 4.73. The summed E-state index contributed by atoms with van der Waals surface area (Å²) < 4.78 is 41.1. The summed E-state index contributed by atoms with van der Waals surface area (Å²) in [6, 6.07) is 4.70. The molecule has 3 rings (SSSR count). The van der Waals surface area contributed by atoms with E-state index in [0.717, 1.165) is 22.4 Å². The van der Waals surface area contributed by atoms with E-state index in [-0.39, 0.29) is 19.0 Å². The van der Waals surface area contributed by atoms with E-state index < -0.39 is 23.3 Å². The zero-order chi connectivity index (χ0) is 23.6. The Kier molecular flexibility index (Phi) is 7.14. The number of rotatable bonds is 7. The number of alkyl halides is 3. The Bertz CT molecular complexity index is 1180. The topological polar surface area (TPSA) is 68.9 Å². The predicted molar refractivity (Wildman–Crippen MR) is 118 cm³/mol. The number of thiophene rings is 1. The minimum Gasteiger partial charge on any atom is -0.350 e. The molecule has 0 spiro atoms. The van der Waals surface area contributed by atoms with Crippen LogP contribution in [-0.4, -0.2) is 20.3 Å². The first-order valence-electron chi connectivity index (χ1n) is 9.81. The molecule has 1 N–H and O–H groups in total. The molecule has 6 nitrogen and oxygen atoms in total. The van der Waals surface area contributed by atoms with E-state index in [4.69, 9.17) is 11.6 Å². The van der Waals surface area contributed by atoms with Gasteiger partial charge in [-0.1, -0.05) is 37.6 Å². The zero-order valence-electron chi connectivity index (χ0n) is 17.7. The molecular weight excluding hydrogens is 465 g/mol. The Morgan fingerprint density at radius 3 is 2.62 bits per heavy atom. The molecule has 0 fully saturated rings. The number of halogens is 4. The number of hydrogen-bond donors (Lipinski definition) is 1. The van der Waals surface area contributed by atoms with Crippen LogP contribution < -0.4 is 11.0 Å². The number of amides is 1. The molecule has 1 amide bonds. The molecule has 0 aliphatic carbocycles. The van der Waals surface area contributed by atoms with Gasteiger partial charge in [-0.05, 0) is 41.5 Å². The molecule has 172 valence electrons. The molecule has 0 aliphatic rings. The largest absolute Gasteiger partial charge is 0.416 e. The van der Waals surface area contributed by atoms with Crippen LogP contribution in [0, 0.1) is 12.8 Å². The number of carbonyl (C=O) groups excluding carboxylic acids is 1. The first-order valence-corrected chi connectivity index (χ1v) is 11.1. The van der Waals surface area contributed by atoms with E-state index in [1.807, 2.05) is 26.2 Å². The molecule has 0 unspecified atom stereocenters. The summed E-state index contributed by atoms with van der Waals surface area (Å²) in [6.07, 6.45) is -4.46. The van der Waals surface area contributed by atoms with Crippen LogP contribution in [0.4, 0.5) is 13.2 Å². The van der Waals surface area contributed by atoms with E-state index >= 15 is 0 Å². The molecule has 3 aromatic rings. The van der Waals surface area contributed by atoms with Gasteiger partial charge in [0.05, 0.1) is 15.5 Å². The van der Waals surface area contributed by atoms with Gasteiger partial charge in [-0.15, -0.1) is 16.4 Å². The van der Waals surface area contributed by atoms with Gasteiger partial charge in [0.1, 0.15) is 6.54 Å². The fourth-order valence-corrected chi connectivity index (χ4v) is 4.34. The molecule has 0 saturated carbocycles. The quantitative estimate of drug-likeness (QED) is 0.525. The molecule has 2 heterocycles. The smallest absolute Gasteiger partial charge is 0.350 e. The van der Waals surface area contributed by atoms with Gasteiger partial charge in [0, 0.05) is 13.1 Å². The molecule has 0 atom stereocenters. The molecule has 0 aliphatic heterocycles. The summed E-state index contributed by atoms with van der Waals surface area (Å²) in [5.74, 6) is -0.00476. The van der Waals surface area contributed by atoms with Crippen LogP contribution in [0.3, 0.4) is 0 Å². The third-order valence-electron chi connectivity index (χ3n) is 4.61. The minimum absolute atomic E-state index is 0.104. The Morgan fingerprint density at radius 2 is 2.03 bits per heavy atom. The Balaban J connectivity index is 1.79. The Morgan fingerprint density at radius 1 is 1.31 bits per heavy atom. The first kappa shape index (κ1) is 24.1. The number of aryl methyl sites for hydroxylation is 1. The summed E-state index contributed by atoms with van der Waals surface area (Å²) in [4.78, 5) is 25.9. The number of benzene rings is 1. The SMILES string of the molecule is Cc1csc(-c2nn(CC(=O)NCc3cccc(C(F)(F)F)c3)c(=O)n2CC(C)C)c1Cl. The Labute approximate surface area is 191 Å². The maximum absolute atomic E-state index is 12.9. The molecular formula is C21H22ClF3N4O2S. The number of aromatic nitrogens is 3. The van der Waals surface area contributed by atoms with E-state index in [1.165, 1.54) is 28.0 Å². The van der Waals surface area contributed by atoms with Crippen molar-refractivity contribution in [2.45, 2.75) is 46.6 Å². The average Bonchev–Trinajstić information content (AvgIpc) is 3.19.